The lowest BCUT2D eigenvalue weighted by Gasteiger charge is -2.05. The Morgan fingerprint density at radius 1 is 1.43 bits per heavy atom. The SMILES string of the molecule is Cc1cc(C(=O)C[n+]2cccc(Br)c2C)cc(C#N)c1F. The molecule has 2 aromatic rings. The van der Waals surface area contributed by atoms with Crippen LogP contribution in [0.15, 0.2) is 34.9 Å². The average molecular weight is 348 g/mol. The third-order valence-corrected chi connectivity index (χ3v) is 4.13. The van der Waals surface area contributed by atoms with Crippen LogP contribution in [0.1, 0.15) is 27.2 Å². The molecule has 0 aliphatic rings. The van der Waals surface area contributed by atoms with E-state index in [4.69, 9.17) is 5.26 Å². The number of nitrogens with zero attached hydrogens (tertiary/aromatic N) is 2. The lowest BCUT2D eigenvalue weighted by Crippen LogP contribution is -2.40. The molecule has 106 valence electrons. The molecule has 3 nitrogen and oxygen atoms in total. The Labute approximate surface area is 130 Å². The summed E-state index contributed by atoms with van der Waals surface area (Å²) >= 11 is 3.41. The van der Waals surface area contributed by atoms with E-state index >= 15 is 0 Å². The summed E-state index contributed by atoms with van der Waals surface area (Å²) in [5.74, 6) is -0.735. The summed E-state index contributed by atoms with van der Waals surface area (Å²) in [4.78, 5) is 12.3. The molecule has 1 aromatic heterocycles. The third-order valence-electron chi connectivity index (χ3n) is 3.30. The maximum Gasteiger partial charge on any atom is 0.227 e. The second-order valence-corrected chi connectivity index (χ2v) is 5.61. The number of rotatable bonds is 3. The Balaban J connectivity index is 2.36. The maximum atomic E-state index is 13.6. The van der Waals surface area contributed by atoms with Crippen molar-refractivity contribution in [2.24, 2.45) is 0 Å². The summed E-state index contributed by atoms with van der Waals surface area (Å²) in [6.45, 7) is 3.58. The molecule has 0 saturated heterocycles. The molecule has 21 heavy (non-hydrogen) atoms. The van der Waals surface area contributed by atoms with Crippen LogP contribution in [-0.2, 0) is 6.54 Å². The maximum absolute atomic E-state index is 13.6. The molecule has 1 heterocycles. The van der Waals surface area contributed by atoms with E-state index < -0.39 is 5.82 Å². The van der Waals surface area contributed by atoms with Crippen LogP contribution < -0.4 is 4.57 Å². The minimum absolute atomic E-state index is 0.102. The van der Waals surface area contributed by atoms with E-state index in [0.717, 1.165) is 10.2 Å². The largest absolute Gasteiger partial charge is 0.287 e. The van der Waals surface area contributed by atoms with E-state index in [9.17, 15) is 9.18 Å². The molecule has 1 aromatic carbocycles. The van der Waals surface area contributed by atoms with Gasteiger partial charge in [-0.15, -0.1) is 0 Å². The standard InChI is InChI=1S/C16H13BrFN2O/c1-10-6-12(7-13(8-19)16(10)18)15(21)9-20-5-3-4-14(17)11(20)2/h3-7H,9H2,1-2H3/q+1. The fraction of sp³-hybridized carbons (Fsp3) is 0.188. The molecule has 0 amide bonds. The van der Waals surface area contributed by atoms with Gasteiger partial charge in [-0.3, -0.25) is 4.79 Å². The average Bonchev–Trinajstić information content (AvgIpc) is 2.46. The van der Waals surface area contributed by atoms with Crippen molar-refractivity contribution in [2.75, 3.05) is 0 Å². The van der Waals surface area contributed by atoms with Crippen LogP contribution in [0.5, 0.6) is 0 Å². The van der Waals surface area contributed by atoms with Crippen LogP contribution in [-0.4, -0.2) is 5.78 Å². The van der Waals surface area contributed by atoms with Gasteiger partial charge < -0.3 is 0 Å². The number of aromatic nitrogens is 1. The van der Waals surface area contributed by atoms with Gasteiger partial charge in [0.1, 0.15) is 11.9 Å². The van der Waals surface area contributed by atoms with Gasteiger partial charge in [0.25, 0.3) is 0 Å². The van der Waals surface area contributed by atoms with E-state index in [1.54, 1.807) is 23.8 Å². The summed E-state index contributed by atoms with van der Waals surface area (Å²) in [7, 11) is 0. The first-order chi connectivity index (χ1) is 9.93. The van der Waals surface area contributed by atoms with Gasteiger partial charge in [-0.2, -0.15) is 9.83 Å². The van der Waals surface area contributed by atoms with Crippen molar-refractivity contribution in [2.45, 2.75) is 20.4 Å². The highest BCUT2D eigenvalue weighted by Gasteiger charge is 2.18. The van der Waals surface area contributed by atoms with E-state index in [0.29, 0.717) is 11.1 Å². The molecule has 0 bridgehead atoms. The molecule has 0 atom stereocenters. The van der Waals surface area contributed by atoms with Crippen molar-refractivity contribution in [3.05, 3.63) is 63.1 Å². The predicted molar refractivity (Wildman–Crippen MR) is 79.3 cm³/mol. The molecule has 5 heteroatoms. The zero-order chi connectivity index (χ0) is 15.6. The summed E-state index contributed by atoms with van der Waals surface area (Å²) in [6, 6.07) is 8.29. The highest BCUT2D eigenvalue weighted by Crippen LogP contribution is 2.16. The first kappa shape index (κ1) is 15.3. The van der Waals surface area contributed by atoms with Crippen molar-refractivity contribution in [1.82, 2.24) is 0 Å². The highest BCUT2D eigenvalue weighted by molar-refractivity contribution is 9.10. The molecule has 2 rings (SSSR count). The second-order valence-electron chi connectivity index (χ2n) is 4.76. The van der Waals surface area contributed by atoms with Crippen molar-refractivity contribution >= 4 is 21.7 Å². The van der Waals surface area contributed by atoms with Crippen LogP contribution in [0.25, 0.3) is 0 Å². The molecular formula is C16H13BrFN2O+. The van der Waals surface area contributed by atoms with Gasteiger partial charge in [0.05, 0.1) is 10.0 Å². The van der Waals surface area contributed by atoms with Crippen molar-refractivity contribution in [3.63, 3.8) is 0 Å². The minimum atomic E-state index is -0.569. The molecule has 0 radical (unpaired) electrons. The van der Waals surface area contributed by atoms with E-state index in [2.05, 4.69) is 15.9 Å². The first-order valence-corrected chi connectivity index (χ1v) is 7.11. The smallest absolute Gasteiger partial charge is 0.227 e. The molecule has 0 spiro atoms. The van der Waals surface area contributed by atoms with Crippen LogP contribution in [0, 0.1) is 31.0 Å². The molecule has 0 fully saturated rings. The van der Waals surface area contributed by atoms with Crippen molar-refractivity contribution < 1.29 is 13.8 Å². The molecule has 0 unspecified atom stereocenters. The molecule has 0 aliphatic carbocycles. The summed E-state index contributed by atoms with van der Waals surface area (Å²) in [6.07, 6.45) is 1.81. The van der Waals surface area contributed by atoms with Crippen LogP contribution in [0.2, 0.25) is 0 Å². The van der Waals surface area contributed by atoms with Gasteiger partial charge >= 0.3 is 0 Å². The van der Waals surface area contributed by atoms with Crippen LogP contribution >= 0.6 is 15.9 Å². The Hall–Kier alpha value is -2.06. The Bertz CT molecular complexity index is 766. The third kappa shape index (κ3) is 3.17. The first-order valence-electron chi connectivity index (χ1n) is 6.32. The van der Waals surface area contributed by atoms with Gasteiger partial charge in [-0.25, -0.2) is 4.39 Å². The predicted octanol–water partition coefficient (Wildman–Crippen LogP) is 3.25. The number of aryl methyl sites for hydroxylation is 1. The number of benzene rings is 1. The van der Waals surface area contributed by atoms with Gasteiger partial charge in [0, 0.05) is 18.6 Å². The number of carbonyl (C=O) groups excluding carboxylic acids is 1. The lowest BCUT2D eigenvalue weighted by atomic mass is 10.0. The van der Waals surface area contributed by atoms with Gasteiger partial charge in [-0.05, 0) is 46.6 Å². The van der Waals surface area contributed by atoms with Gasteiger partial charge in [-0.1, -0.05) is 0 Å². The molecule has 0 N–H and O–H groups in total. The van der Waals surface area contributed by atoms with Crippen molar-refractivity contribution in [1.29, 1.82) is 5.26 Å². The van der Waals surface area contributed by atoms with E-state index in [1.807, 2.05) is 19.1 Å². The monoisotopic (exact) mass is 347 g/mol. The Kier molecular flexibility index (Phi) is 4.49. The zero-order valence-electron chi connectivity index (χ0n) is 11.7. The van der Waals surface area contributed by atoms with Crippen LogP contribution in [0.4, 0.5) is 4.39 Å². The fourth-order valence-electron chi connectivity index (χ4n) is 2.03. The normalized spacial score (nSPS) is 10.2. The summed E-state index contributed by atoms with van der Waals surface area (Å²) < 4.78 is 16.4. The molecular weight excluding hydrogens is 335 g/mol. The second kappa shape index (κ2) is 6.15. The number of ketones is 1. The lowest BCUT2D eigenvalue weighted by molar-refractivity contribution is -0.689. The zero-order valence-corrected chi connectivity index (χ0v) is 13.2. The number of hydrogen-bond acceptors (Lipinski definition) is 2. The number of carbonyl (C=O) groups is 1. The van der Waals surface area contributed by atoms with E-state index in [-0.39, 0.29) is 17.9 Å². The quantitative estimate of drug-likeness (QED) is 0.631. The number of Topliss-reactive ketones (excluding diaryl/α,β-unsaturated/α-hetero) is 1. The highest BCUT2D eigenvalue weighted by atomic mass is 79.9. The Morgan fingerprint density at radius 3 is 2.81 bits per heavy atom. The number of pyridine rings is 1. The molecule has 0 aliphatic heterocycles. The van der Waals surface area contributed by atoms with Gasteiger partial charge in [0.2, 0.25) is 12.3 Å². The Morgan fingerprint density at radius 2 is 2.14 bits per heavy atom. The topological polar surface area (TPSA) is 44.7 Å². The number of hydrogen-bond donors (Lipinski definition) is 0. The van der Waals surface area contributed by atoms with Crippen molar-refractivity contribution in [3.8, 4) is 6.07 Å². The molecule has 0 saturated carbocycles. The summed E-state index contributed by atoms with van der Waals surface area (Å²) in [5.41, 5.74) is 1.46. The van der Waals surface area contributed by atoms with Crippen LogP contribution in [0.3, 0.4) is 0 Å². The van der Waals surface area contributed by atoms with E-state index in [1.165, 1.54) is 12.1 Å². The van der Waals surface area contributed by atoms with Gasteiger partial charge in [0.15, 0.2) is 11.9 Å². The number of nitriles is 1. The summed E-state index contributed by atoms with van der Waals surface area (Å²) in [5, 5.41) is 8.91. The minimum Gasteiger partial charge on any atom is -0.287 e. The fourth-order valence-corrected chi connectivity index (χ4v) is 2.41. The number of halogens is 2.